The monoisotopic (exact) mass is 411 g/mol. The number of carbonyl (C=O) groups is 1. The molecule has 1 aliphatic heterocycles. The quantitative estimate of drug-likeness (QED) is 0.766. The van der Waals surface area contributed by atoms with Gasteiger partial charge in [-0.25, -0.2) is 0 Å². The van der Waals surface area contributed by atoms with Crippen LogP contribution < -0.4 is 0 Å². The number of hydrogen-bond acceptors (Lipinski definition) is 3. The largest absolute Gasteiger partial charge is 0.471 e. The smallest absolute Gasteiger partial charge is 0.359 e. The van der Waals surface area contributed by atoms with Crippen molar-refractivity contribution in [2.24, 2.45) is 0 Å². The predicted octanol–water partition coefficient (Wildman–Crippen LogP) is 3.43. The molecule has 1 aliphatic rings. The minimum absolute atomic E-state index is 0.469. The number of rotatable bonds is 6. The Balaban J connectivity index is 1.90. The van der Waals surface area contributed by atoms with E-state index in [-0.39, 0.29) is 0 Å². The summed E-state index contributed by atoms with van der Waals surface area (Å²) in [5.41, 5.74) is 3.09. The van der Waals surface area contributed by atoms with E-state index in [1.54, 1.807) is 12.1 Å². The lowest BCUT2D eigenvalue weighted by molar-refractivity contribution is -0.189. The molecule has 3 rings (SSSR count). The molecule has 6 nitrogen and oxygen atoms in total. The standard InChI is InChI=1S/C20H28F3N5O/c1-26(2)11-13-5-7-15(24-13)17-9-10-18(28(17)19(29)20(21,22)23)16-8-6-14(25-16)12-27(3)4/h5-8,17-18,24-25H,9-12H2,1-4H3/t17-,18-/m0/s1. The summed E-state index contributed by atoms with van der Waals surface area (Å²) >= 11 is 0. The van der Waals surface area contributed by atoms with Gasteiger partial charge in [-0.05, 0) is 65.3 Å². The van der Waals surface area contributed by atoms with E-state index < -0.39 is 24.2 Å². The van der Waals surface area contributed by atoms with Gasteiger partial charge >= 0.3 is 12.1 Å². The van der Waals surface area contributed by atoms with E-state index in [0.29, 0.717) is 37.3 Å². The molecule has 2 N–H and O–H groups in total. The van der Waals surface area contributed by atoms with Crippen LogP contribution in [0.1, 0.15) is 47.7 Å². The number of alkyl halides is 3. The van der Waals surface area contributed by atoms with Gasteiger partial charge < -0.3 is 24.7 Å². The summed E-state index contributed by atoms with van der Waals surface area (Å²) in [5, 5.41) is 0. The molecule has 1 saturated heterocycles. The molecule has 0 aliphatic carbocycles. The molecule has 0 bridgehead atoms. The average Bonchev–Trinajstić information content (AvgIpc) is 3.30. The molecule has 1 fully saturated rings. The molecule has 29 heavy (non-hydrogen) atoms. The second-order valence-electron chi connectivity index (χ2n) is 8.17. The molecular weight excluding hydrogens is 383 g/mol. The molecule has 0 spiro atoms. The third-order valence-electron chi connectivity index (χ3n) is 5.09. The minimum atomic E-state index is -4.92. The highest BCUT2D eigenvalue weighted by Gasteiger charge is 2.50. The number of amides is 1. The first-order valence-electron chi connectivity index (χ1n) is 9.60. The van der Waals surface area contributed by atoms with Crippen molar-refractivity contribution in [1.82, 2.24) is 24.7 Å². The van der Waals surface area contributed by atoms with Crippen LogP contribution in [-0.2, 0) is 17.9 Å². The van der Waals surface area contributed by atoms with Gasteiger partial charge in [-0.2, -0.15) is 13.2 Å². The number of carbonyl (C=O) groups excluding carboxylic acids is 1. The maximum atomic E-state index is 13.4. The highest BCUT2D eigenvalue weighted by atomic mass is 19.4. The molecular formula is C20H28F3N5O. The van der Waals surface area contributed by atoms with Gasteiger partial charge in [0.2, 0.25) is 0 Å². The van der Waals surface area contributed by atoms with E-state index in [9.17, 15) is 18.0 Å². The molecule has 0 radical (unpaired) electrons. The Hall–Kier alpha value is -2.26. The molecule has 0 saturated carbocycles. The van der Waals surface area contributed by atoms with Crippen LogP contribution in [0.4, 0.5) is 13.2 Å². The number of aromatic amines is 2. The Morgan fingerprint density at radius 1 is 0.931 bits per heavy atom. The lowest BCUT2D eigenvalue weighted by atomic mass is 10.1. The van der Waals surface area contributed by atoms with Crippen molar-refractivity contribution in [2.75, 3.05) is 28.2 Å². The summed E-state index contributed by atoms with van der Waals surface area (Å²) < 4.78 is 40.2. The van der Waals surface area contributed by atoms with Crippen molar-refractivity contribution in [2.45, 2.75) is 44.2 Å². The van der Waals surface area contributed by atoms with Gasteiger partial charge in [-0.3, -0.25) is 4.79 Å². The molecule has 160 valence electrons. The van der Waals surface area contributed by atoms with Crippen molar-refractivity contribution >= 4 is 5.91 Å². The van der Waals surface area contributed by atoms with Crippen molar-refractivity contribution in [1.29, 1.82) is 0 Å². The third-order valence-corrected chi connectivity index (χ3v) is 5.09. The second-order valence-corrected chi connectivity index (χ2v) is 8.17. The Morgan fingerprint density at radius 3 is 1.69 bits per heavy atom. The molecule has 2 aromatic rings. The Bertz CT molecular complexity index is 783. The fraction of sp³-hybridized carbons (Fsp3) is 0.550. The minimum Gasteiger partial charge on any atom is -0.359 e. The summed E-state index contributed by atoms with van der Waals surface area (Å²) in [5.74, 6) is -1.79. The van der Waals surface area contributed by atoms with Crippen molar-refractivity contribution < 1.29 is 18.0 Å². The van der Waals surface area contributed by atoms with E-state index in [0.717, 1.165) is 16.3 Å². The summed E-state index contributed by atoms with van der Waals surface area (Å²) in [6, 6.07) is 6.03. The molecule has 0 unspecified atom stereocenters. The Labute approximate surface area is 168 Å². The number of likely N-dealkylation sites (tertiary alicyclic amines) is 1. The first kappa shape index (κ1) is 21.4. The molecule has 1 amide bonds. The summed E-state index contributed by atoms with van der Waals surface area (Å²) in [7, 11) is 7.68. The Morgan fingerprint density at radius 2 is 1.34 bits per heavy atom. The van der Waals surface area contributed by atoms with Gasteiger partial charge in [0.25, 0.3) is 0 Å². The van der Waals surface area contributed by atoms with E-state index in [1.165, 1.54) is 0 Å². The summed E-state index contributed by atoms with van der Waals surface area (Å²) in [4.78, 5) is 23.7. The van der Waals surface area contributed by atoms with Crippen LogP contribution in [0.3, 0.4) is 0 Å². The normalized spacial score (nSPS) is 20.2. The summed E-state index contributed by atoms with van der Waals surface area (Å²) in [6.07, 6.45) is -3.98. The maximum absolute atomic E-state index is 13.4. The van der Waals surface area contributed by atoms with Gasteiger partial charge in [-0.15, -0.1) is 0 Å². The third kappa shape index (κ3) is 4.84. The van der Waals surface area contributed by atoms with Gasteiger partial charge in [0.1, 0.15) is 0 Å². The highest BCUT2D eigenvalue weighted by Crippen LogP contribution is 2.45. The number of nitrogens with zero attached hydrogens (tertiary/aromatic N) is 3. The van der Waals surface area contributed by atoms with E-state index in [1.807, 2.05) is 50.1 Å². The SMILES string of the molecule is CN(C)Cc1ccc([C@@H]2CC[C@@H](c3ccc(CN(C)C)[nH]3)N2C(=O)C(F)(F)F)[nH]1. The zero-order chi connectivity index (χ0) is 21.3. The van der Waals surface area contributed by atoms with Gasteiger partial charge in [-0.1, -0.05) is 0 Å². The van der Waals surface area contributed by atoms with Crippen molar-refractivity contribution in [3.8, 4) is 0 Å². The van der Waals surface area contributed by atoms with Crippen molar-refractivity contribution in [3.05, 3.63) is 47.0 Å². The van der Waals surface area contributed by atoms with Crippen LogP contribution in [0, 0.1) is 0 Å². The van der Waals surface area contributed by atoms with Crippen LogP contribution >= 0.6 is 0 Å². The highest BCUT2D eigenvalue weighted by molar-refractivity contribution is 5.83. The lowest BCUT2D eigenvalue weighted by Crippen LogP contribution is -2.42. The predicted molar refractivity (Wildman–Crippen MR) is 104 cm³/mol. The van der Waals surface area contributed by atoms with Gasteiger partial charge in [0, 0.05) is 35.9 Å². The van der Waals surface area contributed by atoms with Crippen LogP contribution in [0.15, 0.2) is 24.3 Å². The maximum Gasteiger partial charge on any atom is 0.471 e. The van der Waals surface area contributed by atoms with Crippen LogP contribution in [0.25, 0.3) is 0 Å². The number of H-pyrrole nitrogens is 2. The molecule has 3 heterocycles. The fourth-order valence-electron chi connectivity index (χ4n) is 4.02. The average molecular weight is 411 g/mol. The zero-order valence-electron chi connectivity index (χ0n) is 17.2. The first-order valence-corrected chi connectivity index (χ1v) is 9.60. The second kappa shape index (κ2) is 8.23. The van der Waals surface area contributed by atoms with Crippen LogP contribution in [0.2, 0.25) is 0 Å². The van der Waals surface area contributed by atoms with Gasteiger partial charge in [0.15, 0.2) is 0 Å². The number of aromatic nitrogens is 2. The van der Waals surface area contributed by atoms with Crippen LogP contribution in [0.5, 0.6) is 0 Å². The number of halogens is 3. The molecule has 2 aromatic heterocycles. The van der Waals surface area contributed by atoms with Gasteiger partial charge in [0.05, 0.1) is 12.1 Å². The topological polar surface area (TPSA) is 58.4 Å². The molecule has 0 aromatic carbocycles. The van der Waals surface area contributed by atoms with E-state index in [4.69, 9.17) is 0 Å². The number of nitrogens with one attached hydrogen (secondary N) is 2. The zero-order valence-corrected chi connectivity index (χ0v) is 17.2. The lowest BCUT2D eigenvalue weighted by Gasteiger charge is -2.30. The molecule has 2 atom stereocenters. The molecule has 9 heteroatoms. The first-order chi connectivity index (χ1) is 13.6. The number of hydrogen-bond donors (Lipinski definition) is 2. The fourth-order valence-corrected chi connectivity index (χ4v) is 4.02. The van der Waals surface area contributed by atoms with Crippen LogP contribution in [-0.4, -0.2) is 64.9 Å². The Kier molecular flexibility index (Phi) is 6.09. The van der Waals surface area contributed by atoms with E-state index >= 15 is 0 Å². The van der Waals surface area contributed by atoms with E-state index in [2.05, 4.69) is 9.97 Å². The summed E-state index contributed by atoms with van der Waals surface area (Å²) in [6.45, 7) is 1.29. The van der Waals surface area contributed by atoms with Crippen molar-refractivity contribution in [3.63, 3.8) is 0 Å².